The molecule has 7 nitrogen and oxygen atoms in total. The number of benzene rings is 1. The first-order valence-electron chi connectivity index (χ1n) is 8.04. The molecule has 25 heavy (non-hydrogen) atoms. The third kappa shape index (κ3) is 4.58. The maximum atomic E-state index is 12.1. The largest absolute Gasteiger partial charge is 0.444 e. The van der Waals surface area contributed by atoms with Crippen LogP contribution in [0.2, 0.25) is 0 Å². The van der Waals surface area contributed by atoms with E-state index >= 15 is 0 Å². The molecule has 4 N–H and O–H groups in total. The Bertz CT molecular complexity index is 713. The molecule has 0 spiro atoms. The summed E-state index contributed by atoms with van der Waals surface area (Å²) in [6, 6.07) is 7.82. The SMILES string of the molecule is Cc1ccc(-c2cnc(C(CO)(CO)NC(=O)OC(C)(C)C)[nH]2)cc1. The van der Waals surface area contributed by atoms with Crippen molar-refractivity contribution in [2.45, 2.75) is 38.8 Å². The van der Waals surface area contributed by atoms with Gasteiger partial charge in [0, 0.05) is 0 Å². The van der Waals surface area contributed by atoms with Crippen molar-refractivity contribution in [3.8, 4) is 11.3 Å². The highest BCUT2D eigenvalue weighted by atomic mass is 16.6. The molecule has 2 rings (SSSR count). The Hall–Kier alpha value is -2.38. The number of amides is 1. The first kappa shape index (κ1) is 19.0. The summed E-state index contributed by atoms with van der Waals surface area (Å²) in [6.45, 7) is 6.11. The number of aromatic amines is 1. The van der Waals surface area contributed by atoms with Gasteiger partial charge in [-0.15, -0.1) is 0 Å². The zero-order chi connectivity index (χ0) is 18.7. The first-order chi connectivity index (χ1) is 11.7. The monoisotopic (exact) mass is 347 g/mol. The molecule has 2 aromatic rings. The van der Waals surface area contributed by atoms with Crippen LogP contribution in [0.25, 0.3) is 11.3 Å². The summed E-state index contributed by atoms with van der Waals surface area (Å²) in [6.07, 6.45) is 0.848. The molecule has 0 unspecified atom stereocenters. The molecule has 1 heterocycles. The van der Waals surface area contributed by atoms with E-state index in [9.17, 15) is 15.0 Å². The number of aliphatic hydroxyl groups excluding tert-OH is 2. The van der Waals surface area contributed by atoms with Gasteiger partial charge in [-0.05, 0) is 33.3 Å². The van der Waals surface area contributed by atoms with Gasteiger partial charge in [-0.2, -0.15) is 0 Å². The zero-order valence-corrected chi connectivity index (χ0v) is 15.0. The van der Waals surface area contributed by atoms with E-state index in [0.29, 0.717) is 5.69 Å². The topological polar surface area (TPSA) is 107 Å². The number of alkyl carbamates (subject to hydrolysis) is 1. The first-order valence-corrected chi connectivity index (χ1v) is 8.04. The second kappa shape index (κ2) is 7.25. The molecule has 0 fully saturated rings. The number of carbonyl (C=O) groups excluding carboxylic acids is 1. The van der Waals surface area contributed by atoms with Crippen LogP contribution >= 0.6 is 0 Å². The van der Waals surface area contributed by atoms with E-state index in [1.807, 2.05) is 31.2 Å². The van der Waals surface area contributed by atoms with Crippen LogP contribution in [0.4, 0.5) is 4.79 Å². The number of carbonyl (C=O) groups is 1. The van der Waals surface area contributed by atoms with Crippen LogP contribution in [0.3, 0.4) is 0 Å². The second-order valence-corrected chi connectivity index (χ2v) is 7.04. The lowest BCUT2D eigenvalue weighted by Crippen LogP contribution is -2.53. The molecular formula is C18H25N3O4. The number of rotatable bonds is 5. The van der Waals surface area contributed by atoms with Crippen molar-refractivity contribution < 1.29 is 19.7 Å². The summed E-state index contributed by atoms with van der Waals surface area (Å²) in [5.74, 6) is 0.249. The highest BCUT2D eigenvalue weighted by molar-refractivity contribution is 5.69. The van der Waals surface area contributed by atoms with Crippen molar-refractivity contribution >= 4 is 6.09 Å². The highest BCUT2D eigenvalue weighted by Gasteiger charge is 2.37. The van der Waals surface area contributed by atoms with Gasteiger partial charge in [0.05, 0.1) is 25.1 Å². The van der Waals surface area contributed by atoms with Gasteiger partial charge in [-0.3, -0.25) is 0 Å². The number of imidazole rings is 1. The predicted molar refractivity (Wildman–Crippen MR) is 94.0 cm³/mol. The van der Waals surface area contributed by atoms with Gasteiger partial charge in [-0.1, -0.05) is 29.8 Å². The summed E-state index contributed by atoms with van der Waals surface area (Å²) in [5, 5.41) is 22.1. The van der Waals surface area contributed by atoms with Crippen molar-refractivity contribution in [3.63, 3.8) is 0 Å². The van der Waals surface area contributed by atoms with E-state index in [-0.39, 0.29) is 5.82 Å². The molecule has 1 aromatic heterocycles. The number of aliphatic hydroxyl groups is 2. The van der Waals surface area contributed by atoms with E-state index < -0.39 is 30.4 Å². The Morgan fingerprint density at radius 1 is 1.20 bits per heavy atom. The van der Waals surface area contributed by atoms with Crippen LogP contribution in [-0.2, 0) is 10.3 Å². The third-order valence-electron chi connectivity index (χ3n) is 3.67. The Balaban J connectivity index is 2.28. The second-order valence-electron chi connectivity index (χ2n) is 7.04. The number of hydrogen-bond acceptors (Lipinski definition) is 5. The Morgan fingerprint density at radius 2 is 1.80 bits per heavy atom. The predicted octanol–water partition coefficient (Wildman–Crippen LogP) is 2.09. The van der Waals surface area contributed by atoms with Crippen LogP contribution in [0.5, 0.6) is 0 Å². The molecule has 0 bridgehead atoms. The third-order valence-corrected chi connectivity index (χ3v) is 3.67. The van der Waals surface area contributed by atoms with Crippen molar-refractivity contribution in [1.29, 1.82) is 0 Å². The molecule has 1 amide bonds. The fourth-order valence-electron chi connectivity index (χ4n) is 2.28. The number of nitrogens with one attached hydrogen (secondary N) is 2. The fourth-order valence-corrected chi connectivity index (χ4v) is 2.28. The molecule has 0 aliphatic heterocycles. The van der Waals surface area contributed by atoms with Crippen molar-refractivity contribution in [2.24, 2.45) is 0 Å². The lowest BCUT2D eigenvalue weighted by Gasteiger charge is -2.30. The van der Waals surface area contributed by atoms with E-state index in [1.165, 1.54) is 0 Å². The van der Waals surface area contributed by atoms with Gasteiger partial charge < -0.3 is 25.3 Å². The Kier molecular flexibility index (Phi) is 5.49. The van der Waals surface area contributed by atoms with Crippen molar-refractivity contribution in [2.75, 3.05) is 13.2 Å². The maximum Gasteiger partial charge on any atom is 0.408 e. The number of hydrogen-bond donors (Lipinski definition) is 4. The molecule has 1 aromatic carbocycles. The van der Waals surface area contributed by atoms with Crippen molar-refractivity contribution in [3.05, 3.63) is 41.9 Å². The van der Waals surface area contributed by atoms with Gasteiger partial charge in [-0.25, -0.2) is 9.78 Å². The number of H-pyrrole nitrogens is 1. The van der Waals surface area contributed by atoms with Crippen LogP contribution in [-0.4, -0.2) is 45.1 Å². The normalized spacial score (nSPS) is 12.1. The lowest BCUT2D eigenvalue weighted by molar-refractivity contribution is 0.0268. The summed E-state index contributed by atoms with van der Waals surface area (Å²) in [4.78, 5) is 19.4. The molecule has 0 aliphatic rings. The van der Waals surface area contributed by atoms with E-state index in [4.69, 9.17) is 4.74 Å². The molecule has 0 radical (unpaired) electrons. The minimum atomic E-state index is -1.47. The quantitative estimate of drug-likeness (QED) is 0.662. The van der Waals surface area contributed by atoms with Gasteiger partial charge >= 0.3 is 6.09 Å². The van der Waals surface area contributed by atoms with Crippen LogP contribution in [0, 0.1) is 6.92 Å². The van der Waals surface area contributed by atoms with Crippen LogP contribution in [0.15, 0.2) is 30.5 Å². The summed E-state index contributed by atoms with van der Waals surface area (Å²) < 4.78 is 5.21. The van der Waals surface area contributed by atoms with Gasteiger partial charge in [0.1, 0.15) is 17.0 Å². The molecule has 7 heteroatoms. The van der Waals surface area contributed by atoms with E-state index in [1.54, 1.807) is 27.0 Å². The minimum Gasteiger partial charge on any atom is -0.444 e. The summed E-state index contributed by atoms with van der Waals surface area (Å²) in [5.41, 5.74) is 0.594. The standard InChI is InChI=1S/C18H25N3O4/c1-12-5-7-13(8-6-12)14-9-19-15(20-14)18(10-22,11-23)21-16(24)25-17(2,3)4/h5-9,22-23H,10-11H2,1-4H3,(H,19,20)(H,21,24). The number of nitrogens with zero attached hydrogens (tertiary/aromatic N) is 1. The Labute approximate surface area is 147 Å². The highest BCUT2D eigenvalue weighted by Crippen LogP contribution is 2.23. The van der Waals surface area contributed by atoms with Crippen molar-refractivity contribution in [1.82, 2.24) is 15.3 Å². The minimum absolute atomic E-state index is 0.249. The molecular weight excluding hydrogens is 322 g/mol. The van der Waals surface area contributed by atoms with Gasteiger partial charge in [0.2, 0.25) is 0 Å². The van der Waals surface area contributed by atoms with Crippen LogP contribution in [0.1, 0.15) is 32.2 Å². The smallest absolute Gasteiger partial charge is 0.408 e. The van der Waals surface area contributed by atoms with Gasteiger partial charge in [0.25, 0.3) is 0 Å². The molecule has 0 saturated carbocycles. The summed E-state index contributed by atoms with van der Waals surface area (Å²) in [7, 11) is 0. The fraction of sp³-hybridized carbons (Fsp3) is 0.444. The molecule has 136 valence electrons. The van der Waals surface area contributed by atoms with Gasteiger partial charge in [0.15, 0.2) is 0 Å². The maximum absolute atomic E-state index is 12.1. The molecule has 0 aliphatic carbocycles. The Morgan fingerprint density at radius 3 is 2.32 bits per heavy atom. The number of ether oxygens (including phenoxy) is 1. The van der Waals surface area contributed by atoms with E-state index in [2.05, 4.69) is 15.3 Å². The number of aromatic nitrogens is 2. The summed E-state index contributed by atoms with van der Waals surface area (Å²) >= 11 is 0. The van der Waals surface area contributed by atoms with Crippen LogP contribution < -0.4 is 5.32 Å². The average Bonchev–Trinajstić information content (AvgIpc) is 3.02. The lowest BCUT2D eigenvalue weighted by atomic mass is 10.0. The average molecular weight is 347 g/mol. The zero-order valence-electron chi connectivity index (χ0n) is 15.0. The molecule has 0 saturated heterocycles. The van der Waals surface area contributed by atoms with E-state index in [0.717, 1.165) is 11.1 Å². The number of aryl methyl sites for hydroxylation is 1. The molecule has 0 atom stereocenters.